The molecule has 0 bridgehead atoms. The average Bonchev–Trinajstić information content (AvgIpc) is 2.87. The van der Waals surface area contributed by atoms with Crippen LogP contribution < -0.4 is 4.74 Å². The molecule has 0 spiro atoms. The number of aromatic carboxylic acids is 1. The van der Waals surface area contributed by atoms with E-state index in [-0.39, 0.29) is 35.3 Å². The number of carboxylic acid groups (broad SMARTS) is 1. The molecule has 0 aliphatic carbocycles. The molecule has 112 valence electrons. The Morgan fingerprint density at radius 3 is 2.55 bits per heavy atom. The van der Waals surface area contributed by atoms with Gasteiger partial charge in [-0.3, -0.25) is 4.40 Å². The molecule has 1 aromatic carbocycles. The van der Waals surface area contributed by atoms with Crippen molar-refractivity contribution in [2.24, 2.45) is 0 Å². The van der Waals surface area contributed by atoms with Gasteiger partial charge in [0.05, 0.1) is 5.52 Å². The fraction of sp³-hybridized carbons (Fsp3) is 0.0667. The molecule has 7 nitrogen and oxygen atoms in total. The van der Waals surface area contributed by atoms with E-state index in [1.165, 1.54) is 22.6 Å². The molecule has 0 aliphatic rings. The highest BCUT2D eigenvalue weighted by atomic mass is 16.5. The molecule has 0 aliphatic heterocycles. The maximum atomic E-state index is 11.2. The van der Waals surface area contributed by atoms with Crippen LogP contribution in [0.4, 0.5) is 0 Å². The first-order chi connectivity index (χ1) is 10.6. The number of pyridine rings is 1. The van der Waals surface area contributed by atoms with E-state index in [9.17, 15) is 20.1 Å². The van der Waals surface area contributed by atoms with E-state index in [1.807, 2.05) is 0 Å². The molecule has 0 saturated carbocycles. The van der Waals surface area contributed by atoms with Crippen LogP contribution in [0.15, 0.2) is 42.5 Å². The van der Waals surface area contributed by atoms with Crippen LogP contribution in [0.1, 0.15) is 16.3 Å². The lowest BCUT2D eigenvalue weighted by Crippen LogP contribution is -2.02. The van der Waals surface area contributed by atoms with Crippen molar-refractivity contribution in [2.45, 2.75) is 6.61 Å². The summed E-state index contributed by atoms with van der Waals surface area (Å²) in [5.74, 6) is -0.439. The Morgan fingerprint density at radius 1 is 1.14 bits per heavy atom. The van der Waals surface area contributed by atoms with Gasteiger partial charge in [-0.1, -0.05) is 6.07 Å². The summed E-state index contributed by atoms with van der Waals surface area (Å²) in [6, 6.07) is 10.6. The number of hydrogen-bond donors (Lipinski definition) is 3. The topological polar surface area (TPSA) is 104 Å². The van der Waals surface area contributed by atoms with Crippen molar-refractivity contribution in [3.8, 4) is 17.4 Å². The normalized spacial score (nSPS) is 10.7. The molecule has 22 heavy (non-hydrogen) atoms. The first-order valence-corrected chi connectivity index (χ1v) is 6.40. The Balaban J connectivity index is 1.96. The summed E-state index contributed by atoms with van der Waals surface area (Å²) >= 11 is 0. The monoisotopic (exact) mass is 300 g/mol. The number of phenols is 1. The van der Waals surface area contributed by atoms with Crippen molar-refractivity contribution in [1.29, 1.82) is 0 Å². The zero-order valence-electron chi connectivity index (χ0n) is 11.3. The Bertz CT molecular complexity index is 839. The summed E-state index contributed by atoms with van der Waals surface area (Å²) in [6.45, 7) is -0.0310. The summed E-state index contributed by atoms with van der Waals surface area (Å²) in [4.78, 5) is 15.2. The zero-order valence-corrected chi connectivity index (χ0v) is 11.3. The third-order valence-electron chi connectivity index (χ3n) is 3.12. The van der Waals surface area contributed by atoms with Crippen LogP contribution in [0.5, 0.6) is 17.4 Å². The van der Waals surface area contributed by atoms with Crippen molar-refractivity contribution in [1.82, 2.24) is 9.38 Å². The molecule has 0 unspecified atom stereocenters. The van der Waals surface area contributed by atoms with Gasteiger partial charge >= 0.3 is 5.97 Å². The van der Waals surface area contributed by atoms with Crippen LogP contribution >= 0.6 is 0 Å². The number of rotatable bonds is 4. The third-order valence-corrected chi connectivity index (χ3v) is 3.12. The Morgan fingerprint density at radius 2 is 1.86 bits per heavy atom. The smallest absolute Gasteiger partial charge is 0.356 e. The van der Waals surface area contributed by atoms with Gasteiger partial charge in [0.2, 0.25) is 0 Å². The van der Waals surface area contributed by atoms with Gasteiger partial charge in [0.15, 0.2) is 17.4 Å². The number of hydrogen-bond acceptors (Lipinski definition) is 5. The lowest BCUT2D eigenvalue weighted by atomic mass is 10.3. The fourth-order valence-electron chi connectivity index (χ4n) is 2.13. The number of benzene rings is 1. The zero-order chi connectivity index (χ0) is 15.7. The summed E-state index contributed by atoms with van der Waals surface area (Å²) < 4.78 is 6.83. The molecule has 3 rings (SSSR count). The van der Waals surface area contributed by atoms with E-state index in [1.54, 1.807) is 24.3 Å². The molecule has 2 aromatic heterocycles. The lowest BCUT2D eigenvalue weighted by Gasteiger charge is -2.06. The molecule has 0 atom stereocenters. The third kappa shape index (κ3) is 2.39. The second-order valence-corrected chi connectivity index (χ2v) is 4.57. The highest BCUT2D eigenvalue weighted by Gasteiger charge is 2.18. The van der Waals surface area contributed by atoms with Gasteiger partial charge in [0.1, 0.15) is 18.1 Å². The maximum Gasteiger partial charge on any atom is 0.356 e. The molecule has 0 radical (unpaired) electrons. The molecule has 3 aromatic rings. The minimum atomic E-state index is -1.18. The lowest BCUT2D eigenvalue weighted by molar-refractivity contribution is 0.0693. The largest absolute Gasteiger partial charge is 0.508 e. The van der Waals surface area contributed by atoms with E-state index in [0.29, 0.717) is 5.75 Å². The van der Waals surface area contributed by atoms with E-state index >= 15 is 0 Å². The van der Waals surface area contributed by atoms with Crippen LogP contribution in [0.2, 0.25) is 0 Å². The highest BCUT2D eigenvalue weighted by molar-refractivity contribution is 5.93. The molecular formula is C15H12N2O5. The maximum absolute atomic E-state index is 11.2. The van der Waals surface area contributed by atoms with Gasteiger partial charge in [-0.25, -0.2) is 9.78 Å². The SMILES string of the molecule is O=C(O)c1nc(COc2ccc(O)cc2)n2c(O)cccc12. The van der Waals surface area contributed by atoms with Crippen LogP contribution in [-0.4, -0.2) is 30.7 Å². The number of nitrogens with zero attached hydrogens (tertiary/aromatic N) is 2. The number of ether oxygens (including phenoxy) is 1. The number of phenolic OH excluding ortho intramolecular Hbond substituents is 1. The van der Waals surface area contributed by atoms with E-state index in [4.69, 9.17) is 4.74 Å². The van der Waals surface area contributed by atoms with E-state index < -0.39 is 5.97 Å². The second kappa shape index (κ2) is 5.28. The number of fused-ring (bicyclic) bond motifs is 1. The second-order valence-electron chi connectivity index (χ2n) is 4.57. The predicted octanol–water partition coefficient (Wildman–Crippen LogP) is 2.02. The summed E-state index contributed by atoms with van der Waals surface area (Å²) in [5, 5.41) is 28.3. The van der Waals surface area contributed by atoms with Gasteiger partial charge in [-0.15, -0.1) is 0 Å². The predicted molar refractivity (Wildman–Crippen MR) is 76.3 cm³/mol. The van der Waals surface area contributed by atoms with Crippen molar-refractivity contribution >= 4 is 11.5 Å². The molecule has 3 N–H and O–H groups in total. The standard InChI is InChI=1S/C15H12N2O5/c18-9-4-6-10(7-5-9)22-8-12-16-14(15(20)21)11-2-1-3-13(19)17(11)12/h1-7,18-19H,8H2,(H,20,21). The molecule has 0 fully saturated rings. The van der Waals surface area contributed by atoms with E-state index in [0.717, 1.165) is 0 Å². The van der Waals surface area contributed by atoms with Crippen LogP contribution in [-0.2, 0) is 6.61 Å². The first kappa shape index (κ1) is 13.7. The Hall–Kier alpha value is -3.22. The Kier molecular flexibility index (Phi) is 3.30. The van der Waals surface area contributed by atoms with Crippen LogP contribution in [0, 0.1) is 0 Å². The van der Waals surface area contributed by atoms with Crippen molar-refractivity contribution in [2.75, 3.05) is 0 Å². The molecule has 0 saturated heterocycles. The number of aromatic hydroxyl groups is 2. The summed E-state index contributed by atoms with van der Waals surface area (Å²) in [5.41, 5.74) is 0.136. The molecule has 0 amide bonds. The van der Waals surface area contributed by atoms with Crippen molar-refractivity contribution in [3.05, 3.63) is 54.0 Å². The number of imidazole rings is 1. The van der Waals surface area contributed by atoms with Gasteiger partial charge < -0.3 is 20.1 Å². The first-order valence-electron chi connectivity index (χ1n) is 6.40. The Labute approximate surface area is 124 Å². The van der Waals surface area contributed by atoms with Gasteiger partial charge in [0.25, 0.3) is 0 Å². The molecule has 7 heteroatoms. The van der Waals surface area contributed by atoms with Gasteiger partial charge in [-0.05, 0) is 36.4 Å². The molecule has 2 heterocycles. The highest BCUT2D eigenvalue weighted by Crippen LogP contribution is 2.22. The van der Waals surface area contributed by atoms with Gasteiger partial charge in [-0.2, -0.15) is 0 Å². The average molecular weight is 300 g/mol. The van der Waals surface area contributed by atoms with E-state index in [2.05, 4.69) is 4.98 Å². The number of carboxylic acids is 1. The van der Waals surface area contributed by atoms with Crippen molar-refractivity contribution in [3.63, 3.8) is 0 Å². The van der Waals surface area contributed by atoms with Crippen LogP contribution in [0.25, 0.3) is 5.52 Å². The van der Waals surface area contributed by atoms with Crippen LogP contribution in [0.3, 0.4) is 0 Å². The van der Waals surface area contributed by atoms with Crippen molar-refractivity contribution < 1.29 is 24.9 Å². The van der Waals surface area contributed by atoms with Gasteiger partial charge in [0, 0.05) is 0 Å². The minimum absolute atomic E-state index is 0.0310. The fourth-order valence-corrected chi connectivity index (χ4v) is 2.13. The summed E-state index contributed by atoms with van der Waals surface area (Å²) in [7, 11) is 0. The number of aromatic nitrogens is 2. The minimum Gasteiger partial charge on any atom is -0.508 e. The molecular weight excluding hydrogens is 288 g/mol. The number of carbonyl (C=O) groups is 1. The summed E-state index contributed by atoms with van der Waals surface area (Å²) in [6.07, 6.45) is 0. The quantitative estimate of drug-likeness (QED) is 0.681.